The van der Waals surface area contributed by atoms with E-state index in [1.165, 1.54) is 5.57 Å². The first-order chi connectivity index (χ1) is 10.2. The molecule has 21 heavy (non-hydrogen) atoms. The zero-order chi connectivity index (χ0) is 15.3. The third-order valence-electron chi connectivity index (χ3n) is 3.04. The zero-order valence-corrected chi connectivity index (χ0v) is 13.1. The van der Waals surface area contributed by atoms with Gasteiger partial charge in [0.25, 0.3) is 0 Å². The van der Waals surface area contributed by atoms with Crippen molar-refractivity contribution in [1.29, 1.82) is 0 Å². The highest BCUT2D eigenvalue weighted by Gasteiger charge is 2.04. The summed E-state index contributed by atoms with van der Waals surface area (Å²) in [7, 11) is 0. The first-order valence-corrected chi connectivity index (χ1v) is 7.63. The minimum atomic E-state index is -0.236. The molecule has 0 aliphatic heterocycles. The molecule has 0 spiro atoms. The van der Waals surface area contributed by atoms with Gasteiger partial charge < -0.3 is 9.47 Å². The number of carbonyl (C=O) groups is 1. The van der Waals surface area contributed by atoms with Crippen LogP contribution in [0.1, 0.15) is 49.9 Å². The summed E-state index contributed by atoms with van der Waals surface area (Å²) in [4.78, 5) is 11.7. The van der Waals surface area contributed by atoms with Gasteiger partial charge in [0.2, 0.25) is 0 Å². The largest absolute Gasteiger partial charge is 0.462 e. The van der Waals surface area contributed by atoms with Crippen LogP contribution < -0.4 is 0 Å². The van der Waals surface area contributed by atoms with Crippen molar-refractivity contribution >= 4 is 5.97 Å². The Labute approximate surface area is 128 Å². The fraction of sp³-hybridized carbons (Fsp3) is 0.500. The van der Waals surface area contributed by atoms with Crippen LogP contribution in [0.3, 0.4) is 0 Å². The Balaban J connectivity index is 1.93. The number of benzene rings is 1. The average molecular weight is 290 g/mol. The van der Waals surface area contributed by atoms with E-state index in [-0.39, 0.29) is 5.97 Å². The van der Waals surface area contributed by atoms with E-state index in [2.05, 4.69) is 19.9 Å². The van der Waals surface area contributed by atoms with E-state index in [4.69, 9.17) is 9.47 Å². The lowest BCUT2D eigenvalue weighted by atomic mass is 10.2. The second kappa shape index (κ2) is 11.1. The van der Waals surface area contributed by atoms with Gasteiger partial charge in [-0.3, -0.25) is 0 Å². The highest BCUT2D eigenvalue weighted by molar-refractivity contribution is 5.89. The summed E-state index contributed by atoms with van der Waals surface area (Å²) in [5.41, 5.74) is 1.90. The zero-order valence-electron chi connectivity index (χ0n) is 13.1. The summed E-state index contributed by atoms with van der Waals surface area (Å²) >= 11 is 0. The van der Waals surface area contributed by atoms with Gasteiger partial charge in [-0.25, -0.2) is 4.79 Å². The molecule has 1 rings (SSSR count). The van der Waals surface area contributed by atoms with Crippen molar-refractivity contribution in [3.05, 3.63) is 47.5 Å². The average Bonchev–Trinajstić information content (AvgIpc) is 2.49. The second-order valence-electron chi connectivity index (χ2n) is 5.27. The molecule has 0 bridgehead atoms. The maximum absolute atomic E-state index is 11.7. The van der Waals surface area contributed by atoms with Crippen LogP contribution in [-0.4, -0.2) is 25.8 Å². The Morgan fingerprint density at radius 2 is 1.67 bits per heavy atom. The summed E-state index contributed by atoms with van der Waals surface area (Å²) < 4.78 is 10.7. The van der Waals surface area contributed by atoms with Gasteiger partial charge in [-0.1, -0.05) is 36.3 Å². The molecule has 1 aromatic carbocycles. The van der Waals surface area contributed by atoms with Gasteiger partial charge in [0.05, 0.1) is 18.8 Å². The molecule has 0 radical (unpaired) electrons. The monoisotopic (exact) mass is 290 g/mol. The summed E-state index contributed by atoms with van der Waals surface area (Å²) in [5.74, 6) is -0.236. The predicted octanol–water partition coefficient (Wildman–Crippen LogP) is 4.39. The van der Waals surface area contributed by atoms with Crippen molar-refractivity contribution in [1.82, 2.24) is 0 Å². The summed E-state index contributed by atoms with van der Waals surface area (Å²) in [5, 5.41) is 0. The van der Waals surface area contributed by atoms with Crippen LogP contribution in [0.5, 0.6) is 0 Å². The van der Waals surface area contributed by atoms with Crippen molar-refractivity contribution in [3.8, 4) is 0 Å². The summed E-state index contributed by atoms with van der Waals surface area (Å²) in [6.45, 7) is 6.14. The number of hydrogen-bond donors (Lipinski definition) is 0. The van der Waals surface area contributed by atoms with Crippen molar-refractivity contribution in [2.75, 3.05) is 19.8 Å². The number of esters is 1. The maximum atomic E-state index is 11.7. The number of ether oxygens (including phenoxy) is 2. The molecular formula is C18H26O3. The number of allylic oxidation sites excluding steroid dienone is 1. The van der Waals surface area contributed by atoms with Gasteiger partial charge >= 0.3 is 5.97 Å². The van der Waals surface area contributed by atoms with E-state index in [1.54, 1.807) is 12.1 Å². The maximum Gasteiger partial charge on any atom is 0.338 e. The standard InChI is InChI=1S/C18H26O3/c1-16(2)12-15-20-13-8-3-4-9-14-21-18(19)17-10-6-5-7-11-17/h5-7,10-12H,3-4,8-9,13-15H2,1-2H3. The SMILES string of the molecule is CC(C)=CCOCCCCCCOC(=O)c1ccccc1. The molecule has 0 saturated heterocycles. The minimum absolute atomic E-state index is 0.236. The van der Waals surface area contributed by atoms with Gasteiger partial charge in [-0.05, 0) is 45.2 Å². The third kappa shape index (κ3) is 9.03. The Morgan fingerprint density at radius 1 is 1.00 bits per heavy atom. The highest BCUT2D eigenvalue weighted by Crippen LogP contribution is 2.04. The van der Waals surface area contributed by atoms with Crippen LogP contribution in [0.25, 0.3) is 0 Å². The third-order valence-corrected chi connectivity index (χ3v) is 3.04. The van der Waals surface area contributed by atoms with Crippen molar-refractivity contribution < 1.29 is 14.3 Å². The van der Waals surface area contributed by atoms with Gasteiger partial charge in [0.15, 0.2) is 0 Å². The lowest BCUT2D eigenvalue weighted by Crippen LogP contribution is -2.06. The van der Waals surface area contributed by atoms with Crippen molar-refractivity contribution in [2.45, 2.75) is 39.5 Å². The van der Waals surface area contributed by atoms with Crippen LogP contribution in [0.15, 0.2) is 42.0 Å². The van der Waals surface area contributed by atoms with Gasteiger partial charge in [0, 0.05) is 6.61 Å². The molecule has 116 valence electrons. The van der Waals surface area contributed by atoms with Crippen LogP contribution in [-0.2, 0) is 9.47 Å². The van der Waals surface area contributed by atoms with Crippen molar-refractivity contribution in [2.24, 2.45) is 0 Å². The molecule has 0 N–H and O–H groups in total. The van der Waals surface area contributed by atoms with Gasteiger partial charge in [-0.15, -0.1) is 0 Å². The number of unbranched alkanes of at least 4 members (excludes halogenated alkanes) is 3. The predicted molar refractivity (Wildman–Crippen MR) is 85.4 cm³/mol. The Bertz CT molecular complexity index is 419. The van der Waals surface area contributed by atoms with E-state index in [9.17, 15) is 4.79 Å². The first-order valence-electron chi connectivity index (χ1n) is 7.63. The molecule has 0 unspecified atom stereocenters. The Hall–Kier alpha value is -1.61. The molecule has 0 amide bonds. The lowest BCUT2D eigenvalue weighted by molar-refractivity contribution is 0.0496. The molecule has 0 aliphatic carbocycles. The van der Waals surface area contributed by atoms with Gasteiger partial charge in [0.1, 0.15) is 0 Å². The molecule has 3 heteroatoms. The molecule has 1 aromatic rings. The quantitative estimate of drug-likeness (QED) is 0.364. The van der Waals surface area contributed by atoms with E-state index in [0.717, 1.165) is 32.3 Å². The van der Waals surface area contributed by atoms with Crippen LogP contribution in [0.4, 0.5) is 0 Å². The first kappa shape index (κ1) is 17.4. The number of rotatable bonds is 10. The van der Waals surface area contributed by atoms with E-state index >= 15 is 0 Å². The van der Waals surface area contributed by atoms with Crippen molar-refractivity contribution in [3.63, 3.8) is 0 Å². The lowest BCUT2D eigenvalue weighted by Gasteiger charge is -2.05. The Morgan fingerprint density at radius 3 is 2.33 bits per heavy atom. The van der Waals surface area contributed by atoms with Crippen LogP contribution in [0, 0.1) is 0 Å². The highest BCUT2D eigenvalue weighted by atomic mass is 16.5. The molecule has 0 aromatic heterocycles. The fourth-order valence-electron chi connectivity index (χ4n) is 1.79. The molecule has 0 atom stereocenters. The number of carbonyl (C=O) groups excluding carboxylic acids is 1. The summed E-state index contributed by atoms with van der Waals surface area (Å²) in [6, 6.07) is 9.10. The topological polar surface area (TPSA) is 35.5 Å². The molecule has 0 fully saturated rings. The van der Waals surface area contributed by atoms with Crippen LogP contribution >= 0.6 is 0 Å². The molecule has 0 heterocycles. The second-order valence-corrected chi connectivity index (χ2v) is 5.27. The normalized spacial score (nSPS) is 10.2. The minimum Gasteiger partial charge on any atom is -0.462 e. The summed E-state index contributed by atoms with van der Waals surface area (Å²) in [6.07, 6.45) is 6.23. The van der Waals surface area contributed by atoms with Gasteiger partial charge in [-0.2, -0.15) is 0 Å². The fourth-order valence-corrected chi connectivity index (χ4v) is 1.79. The smallest absolute Gasteiger partial charge is 0.338 e. The molecule has 0 aliphatic rings. The van der Waals surface area contributed by atoms with E-state index in [1.807, 2.05) is 18.2 Å². The van der Waals surface area contributed by atoms with Crippen LogP contribution in [0.2, 0.25) is 0 Å². The molecule has 3 nitrogen and oxygen atoms in total. The van der Waals surface area contributed by atoms with E-state index in [0.29, 0.717) is 18.8 Å². The Kier molecular flexibility index (Phi) is 9.21. The molecule has 0 saturated carbocycles. The molecular weight excluding hydrogens is 264 g/mol. The van der Waals surface area contributed by atoms with E-state index < -0.39 is 0 Å². The number of hydrogen-bond acceptors (Lipinski definition) is 3.